The lowest BCUT2D eigenvalue weighted by Crippen LogP contribution is -2.60. The second-order valence-electron chi connectivity index (χ2n) is 4.30. The zero-order valence-corrected chi connectivity index (χ0v) is 9.85. The standard InChI is InChI=1S/C10H20N2O5/c1-17-7-2-8(11-3-7)9(16)12-10(4-13,5-14)6-15/h7-8,11,13-15H,2-6H2,1H3,(H,12,16). The van der Waals surface area contributed by atoms with Crippen molar-refractivity contribution in [1.82, 2.24) is 10.6 Å². The Morgan fingerprint density at radius 2 is 2.00 bits per heavy atom. The van der Waals surface area contributed by atoms with Gasteiger partial charge in [-0.15, -0.1) is 0 Å². The number of carbonyl (C=O) groups excluding carboxylic acids is 1. The average Bonchev–Trinajstić information content (AvgIpc) is 2.85. The minimum Gasteiger partial charge on any atom is -0.394 e. The van der Waals surface area contributed by atoms with Crippen molar-refractivity contribution in [3.8, 4) is 0 Å². The van der Waals surface area contributed by atoms with Crippen LogP contribution >= 0.6 is 0 Å². The number of methoxy groups -OCH3 is 1. The third-order valence-electron chi connectivity index (χ3n) is 3.04. The molecule has 17 heavy (non-hydrogen) atoms. The molecule has 0 aromatic carbocycles. The number of aliphatic hydroxyl groups is 3. The quantitative estimate of drug-likeness (QED) is 0.347. The second kappa shape index (κ2) is 6.27. The van der Waals surface area contributed by atoms with Crippen molar-refractivity contribution < 1.29 is 24.9 Å². The fraction of sp³-hybridized carbons (Fsp3) is 0.900. The van der Waals surface area contributed by atoms with E-state index in [0.717, 1.165) is 0 Å². The van der Waals surface area contributed by atoms with Crippen LogP contribution in [0.15, 0.2) is 0 Å². The van der Waals surface area contributed by atoms with Crippen LogP contribution in [0.2, 0.25) is 0 Å². The van der Waals surface area contributed by atoms with Crippen molar-refractivity contribution in [2.45, 2.75) is 24.1 Å². The summed E-state index contributed by atoms with van der Waals surface area (Å²) in [6.07, 6.45) is 0.512. The fourth-order valence-electron chi connectivity index (χ4n) is 1.70. The van der Waals surface area contributed by atoms with Gasteiger partial charge in [-0.25, -0.2) is 0 Å². The number of rotatable bonds is 6. The molecular weight excluding hydrogens is 228 g/mol. The Morgan fingerprint density at radius 3 is 2.41 bits per heavy atom. The van der Waals surface area contributed by atoms with Gasteiger partial charge in [-0.1, -0.05) is 0 Å². The lowest BCUT2D eigenvalue weighted by atomic mass is 10.0. The van der Waals surface area contributed by atoms with E-state index in [4.69, 9.17) is 20.1 Å². The Kier molecular flexibility index (Phi) is 5.29. The largest absolute Gasteiger partial charge is 0.394 e. The van der Waals surface area contributed by atoms with Gasteiger partial charge in [-0.05, 0) is 6.42 Å². The number of carbonyl (C=O) groups is 1. The first-order chi connectivity index (χ1) is 8.10. The predicted octanol–water partition coefficient (Wildman–Crippen LogP) is -2.80. The molecule has 1 aliphatic rings. The van der Waals surface area contributed by atoms with Crippen LogP contribution in [0.1, 0.15) is 6.42 Å². The molecule has 2 unspecified atom stereocenters. The van der Waals surface area contributed by atoms with Crippen LogP contribution in [0.5, 0.6) is 0 Å². The van der Waals surface area contributed by atoms with Crippen LogP contribution < -0.4 is 10.6 Å². The summed E-state index contributed by atoms with van der Waals surface area (Å²) in [6.45, 7) is -0.983. The molecule has 1 saturated heterocycles. The van der Waals surface area contributed by atoms with E-state index in [1.54, 1.807) is 7.11 Å². The number of hydrogen-bond donors (Lipinski definition) is 5. The van der Waals surface area contributed by atoms with E-state index in [9.17, 15) is 4.79 Å². The maximum absolute atomic E-state index is 11.8. The Morgan fingerprint density at radius 1 is 1.41 bits per heavy atom. The number of hydrogen-bond acceptors (Lipinski definition) is 6. The molecule has 5 N–H and O–H groups in total. The van der Waals surface area contributed by atoms with Crippen molar-refractivity contribution in [2.24, 2.45) is 0 Å². The van der Waals surface area contributed by atoms with E-state index in [1.165, 1.54) is 0 Å². The summed E-state index contributed by atoms with van der Waals surface area (Å²) in [6, 6.07) is -0.427. The number of nitrogens with one attached hydrogen (secondary N) is 2. The summed E-state index contributed by atoms with van der Waals surface area (Å²) in [5.74, 6) is -0.360. The molecule has 1 heterocycles. The molecule has 0 aromatic heterocycles. The smallest absolute Gasteiger partial charge is 0.237 e. The van der Waals surface area contributed by atoms with Gasteiger partial charge in [0.1, 0.15) is 5.54 Å². The SMILES string of the molecule is COC1CNC(C(=O)NC(CO)(CO)CO)C1. The molecule has 1 rings (SSSR count). The summed E-state index contributed by atoms with van der Waals surface area (Å²) in [5, 5.41) is 32.7. The van der Waals surface area contributed by atoms with Gasteiger partial charge in [0.15, 0.2) is 0 Å². The summed E-state index contributed by atoms with van der Waals surface area (Å²) in [4.78, 5) is 11.8. The molecule has 1 amide bonds. The van der Waals surface area contributed by atoms with Gasteiger partial charge in [0.25, 0.3) is 0 Å². The highest BCUT2D eigenvalue weighted by Gasteiger charge is 2.35. The topological polar surface area (TPSA) is 111 Å². The Labute approximate surface area is 99.8 Å². The summed E-state index contributed by atoms with van der Waals surface area (Å²) in [7, 11) is 1.58. The van der Waals surface area contributed by atoms with Crippen LogP contribution in [0, 0.1) is 0 Å². The molecule has 0 spiro atoms. The Hall–Kier alpha value is -0.730. The van der Waals surface area contributed by atoms with E-state index in [2.05, 4.69) is 10.6 Å². The molecule has 0 aliphatic carbocycles. The van der Waals surface area contributed by atoms with E-state index < -0.39 is 31.4 Å². The van der Waals surface area contributed by atoms with Gasteiger partial charge >= 0.3 is 0 Å². The third-order valence-corrected chi connectivity index (χ3v) is 3.04. The predicted molar refractivity (Wildman–Crippen MR) is 59.3 cm³/mol. The molecule has 7 nitrogen and oxygen atoms in total. The lowest BCUT2D eigenvalue weighted by Gasteiger charge is -2.30. The van der Waals surface area contributed by atoms with Gasteiger partial charge in [0, 0.05) is 13.7 Å². The van der Waals surface area contributed by atoms with E-state index in [1.807, 2.05) is 0 Å². The van der Waals surface area contributed by atoms with E-state index >= 15 is 0 Å². The highest BCUT2D eigenvalue weighted by Crippen LogP contribution is 2.11. The van der Waals surface area contributed by atoms with Crippen molar-refractivity contribution in [3.63, 3.8) is 0 Å². The fourth-order valence-corrected chi connectivity index (χ4v) is 1.70. The zero-order valence-electron chi connectivity index (χ0n) is 9.85. The normalized spacial score (nSPS) is 24.9. The van der Waals surface area contributed by atoms with Crippen LogP contribution in [0.25, 0.3) is 0 Å². The highest BCUT2D eigenvalue weighted by molar-refractivity contribution is 5.83. The molecule has 1 fully saturated rings. The van der Waals surface area contributed by atoms with E-state index in [-0.39, 0.29) is 12.0 Å². The zero-order chi connectivity index (χ0) is 12.9. The molecule has 0 aromatic rings. The number of amides is 1. The number of ether oxygens (including phenoxy) is 1. The molecular formula is C10H20N2O5. The van der Waals surface area contributed by atoms with Crippen LogP contribution in [-0.4, -0.2) is 72.4 Å². The number of aliphatic hydroxyl groups excluding tert-OH is 3. The maximum atomic E-state index is 11.8. The first-order valence-electron chi connectivity index (χ1n) is 5.51. The van der Waals surface area contributed by atoms with Gasteiger partial charge in [0.2, 0.25) is 5.91 Å². The first kappa shape index (κ1) is 14.3. The van der Waals surface area contributed by atoms with Crippen molar-refractivity contribution in [2.75, 3.05) is 33.5 Å². The molecule has 7 heteroatoms. The van der Waals surface area contributed by atoms with Gasteiger partial charge in [0.05, 0.1) is 32.0 Å². The van der Waals surface area contributed by atoms with E-state index in [0.29, 0.717) is 13.0 Å². The van der Waals surface area contributed by atoms with Gasteiger partial charge in [-0.3, -0.25) is 4.79 Å². The third kappa shape index (κ3) is 3.36. The second-order valence-corrected chi connectivity index (χ2v) is 4.30. The van der Waals surface area contributed by atoms with Crippen molar-refractivity contribution >= 4 is 5.91 Å². The molecule has 2 atom stereocenters. The van der Waals surface area contributed by atoms with Crippen LogP contribution in [0.4, 0.5) is 0 Å². The van der Waals surface area contributed by atoms with Crippen LogP contribution in [-0.2, 0) is 9.53 Å². The molecule has 0 radical (unpaired) electrons. The van der Waals surface area contributed by atoms with Crippen molar-refractivity contribution in [3.05, 3.63) is 0 Å². The molecule has 100 valence electrons. The summed E-state index contributed by atoms with van der Waals surface area (Å²) in [5.41, 5.74) is -1.37. The molecule has 1 aliphatic heterocycles. The van der Waals surface area contributed by atoms with Gasteiger partial charge in [-0.2, -0.15) is 0 Å². The first-order valence-corrected chi connectivity index (χ1v) is 5.51. The Bertz CT molecular complexity index is 249. The highest BCUT2D eigenvalue weighted by atomic mass is 16.5. The maximum Gasteiger partial charge on any atom is 0.237 e. The molecule has 0 saturated carbocycles. The van der Waals surface area contributed by atoms with Gasteiger partial charge < -0.3 is 30.7 Å². The minimum absolute atomic E-state index is 0.0162. The molecule has 0 bridgehead atoms. The Balaban J connectivity index is 2.54. The lowest BCUT2D eigenvalue weighted by molar-refractivity contribution is -0.127. The monoisotopic (exact) mass is 248 g/mol. The minimum atomic E-state index is -1.37. The van der Waals surface area contributed by atoms with Crippen molar-refractivity contribution in [1.29, 1.82) is 0 Å². The average molecular weight is 248 g/mol. The van der Waals surface area contributed by atoms with Crippen LogP contribution in [0.3, 0.4) is 0 Å². The summed E-state index contributed by atoms with van der Waals surface area (Å²) < 4.78 is 5.11. The summed E-state index contributed by atoms with van der Waals surface area (Å²) >= 11 is 0.